The zero-order chi connectivity index (χ0) is 21.5. The third-order valence-electron chi connectivity index (χ3n) is 5.11. The van der Waals surface area contributed by atoms with Crippen molar-refractivity contribution in [3.63, 3.8) is 0 Å². The van der Waals surface area contributed by atoms with E-state index >= 15 is 0 Å². The number of furan rings is 1. The predicted octanol–water partition coefficient (Wildman–Crippen LogP) is 3.92. The van der Waals surface area contributed by atoms with E-state index in [-0.39, 0.29) is 11.8 Å². The van der Waals surface area contributed by atoms with Crippen molar-refractivity contribution in [3.8, 4) is 5.75 Å². The van der Waals surface area contributed by atoms with Crippen molar-refractivity contribution in [3.05, 3.63) is 59.5 Å². The quantitative estimate of drug-likeness (QED) is 0.665. The van der Waals surface area contributed by atoms with Crippen LogP contribution >= 0.6 is 0 Å². The lowest BCUT2D eigenvalue weighted by molar-refractivity contribution is -0.129. The Bertz CT molecular complexity index is 1180. The zero-order valence-corrected chi connectivity index (χ0v) is 17.4. The Morgan fingerprint density at radius 2 is 2.07 bits per heavy atom. The molecule has 3 heterocycles. The van der Waals surface area contributed by atoms with Crippen LogP contribution in [-0.2, 0) is 16.1 Å². The number of aromatic nitrogens is 1. The van der Waals surface area contributed by atoms with Gasteiger partial charge in [0.15, 0.2) is 17.2 Å². The fraction of sp³-hybridized carbons (Fsp3) is 0.261. The third kappa shape index (κ3) is 3.66. The molecule has 0 bridgehead atoms. The maximum Gasteiger partial charge on any atom is 0.269 e. The molecule has 3 aromatic rings. The number of amides is 2. The molecule has 0 aliphatic carbocycles. The Balaban J connectivity index is 1.48. The predicted molar refractivity (Wildman–Crippen MR) is 114 cm³/mol. The van der Waals surface area contributed by atoms with Crippen LogP contribution in [0.4, 0.5) is 5.82 Å². The van der Waals surface area contributed by atoms with Gasteiger partial charge in [0.05, 0.1) is 0 Å². The van der Waals surface area contributed by atoms with E-state index in [1.54, 1.807) is 44.1 Å². The molecule has 0 saturated carbocycles. The van der Waals surface area contributed by atoms with Gasteiger partial charge >= 0.3 is 0 Å². The lowest BCUT2D eigenvalue weighted by Crippen LogP contribution is -2.46. The fourth-order valence-electron chi connectivity index (χ4n) is 3.33. The topological polar surface area (TPSA) is 84.7 Å². The molecule has 2 aromatic heterocycles. The first-order valence-electron chi connectivity index (χ1n) is 9.65. The molecule has 1 aliphatic heterocycles. The van der Waals surface area contributed by atoms with Gasteiger partial charge in [-0.15, -0.1) is 0 Å². The van der Waals surface area contributed by atoms with E-state index in [1.807, 2.05) is 31.2 Å². The minimum absolute atomic E-state index is 0.146. The van der Waals surface area contributed by atoms with Crippen LogP contribution in [0.2, 0.25) is 0 Å². The Morgan fingerprint density at radius 1 is 1.30 bits per heavy atom. The average molecular weight is 405 g/mol. The first-order valence-corrected chi connectivity index (χ1v) is 9.65. The number of fused-ring (bicyclic) bond motifs is 2. The van der Waals surface area contributed by atoms with Gasteiger partial charge in [0.2, 0.25) is 5.91 Å². The van der Waals surface area contributed by atoms with Crippen LogP contribution in [0.1, 0.15) is 30.7 Å². The number of nitrogens with one attached hydrogen (secondary N) is 1. The largest absolute Gasteiger partial charge is 0.474 e. The smallest absolute Gasteiger partial charge is 0.269 e. The Hall–Kier alpha value is -3.61. The van der Waals surface area contributed by atoms with E-state index in [4.69, 9.17) is 9.15 Å². The Labute approximate surface area is 174 Å². The van der Waals surface area contributed by atoms with E-state index in [0.717, 1.165) is 22.3 Å². The molecular weight excluding hydrogens is 382 g/mol. The number of pyridine rings is 1. The number of benzene rings is 1. The first-order chi connectivity index (χ1) is 14.2. The molecule has 0 saturated heterocycles. The molecule has 30 heavy (non-hydrogen) atoms. The van der Waals surface area contributed by atoms with Crippen molar-refractivity contribution in [1.82, 2.24) is 9.88 Å². The fourth-order valence-corrected chi connectivity index (χ4v) is 3.33. The summed E-state index contributed by atoms with van der Waals surface area (Å²) in [5.41, 5.74) is 1.54. The lowest BCUT2D eigenvalue weighted by Gasteiger charge is -2.30. The SMILES string of the molecule is Cc1oc2ccccc2c1CN(C)C(=O)/C=C/c1cnc2c(c1)OC(C)(C)C(=O)N2. The normalized spacial score (nSPS) is 15.0. The van der Waals surface area contributed by atoms with E-state index < -0.39 is 5.60 Å². The van der Waals surface area contributed by atoms with E-state index in [2.05, 4.69) is 10.3 Å². The van der Waals surface area contributed by atoms with Gasteiger partial charge in [-0.1, -0.05) is 18.2 Å². The molecule has 7 heteroatoms. The molecule has 0 radical (unpaired) electrons. The maximum atomic E-state index is 12.6. The highest BCUT2D eigenvalue weighted by Crippen LogP contribution is 2.32. The molecule has 2 amide bonds. The molecule has 1 aromatic carbocycles. The highest BCUT2D eigenvalue weighted by atomic mass is 16.5. The number of likely N-dealkylation sites (N-methyl/N-ethyl adjacent to an activating group) is 1. The second kappa shape index (κ2) is 7.33. The summed E-state index contributed by atoms with van der Waals surface area (Å²) in [6.07, 6.45) is 4.76. The summed E-state index contributed by atoms with van der Waals surface area (Å²) in [6, 6.07) is 9.55. The Morgan fingerprint density at radius 3 is 2.87 bits per heavy atom. The monoisotopic (exact) mass is 405 g/mol. The molecule has 0 atom stereocenters. The molecule has 1 N–H and O–H groups in total. The van der Waals surface area contributed by atoms with Gasteiger partial charge in [-0.25, -0.2) is 4.98 Å². The zero-order valence-electron chi connectivity index (χ0n) is 17.4. The molecule has 0 fully saturated rings. The van der Waals surface area contributed by atoms with Gasteiger partial charge in [0.25, 0.3) is 5.91 Å². The number of anilines is 1. The second-order valence-corrected chi connectivity index (χ2v) is 7.84. The van der Waals surface area contributed by atoms with Gasteiger partial charge in [-0.2, -0.15) is 0 Å². The van der Waals surface area contributed by atoms with Crippen LogP contribution in [0.25, 0.3) is 17.0 Å². The van der Waals surface area contributed by atoms with E-state index in [9.17, 15) is 9.59 Å². The molecular formula is C23H23N3O4. The van der Waals surface area contributed by atoms with Gasteiger partial charge in [0, 0.05) is 36.8 Å². The highest BCUT2D eigenvalue weighted by Gasteiger charge is 2.36. The summed E-state index contributed by atoms with van der Waals surface area (Å²) in [5.74, 6) is 1.27. The van der Waals surface area contributed by atoms with Gasteiger partial charge in [-0.05, 0) is 44.5 Å². The molecule has 154 valence electrons. The second-order valence-electron chi connectivity index (χ2n) is 7.84. The number of nitrogens with zero attached hydrogens (tertiary/aromatic N) is 2. The summed E-state index contributed by atoms with van der Waals surface area (Å²) >= 11 is 0. The summed E-state index contributed by atoms with van der Waals surface area (Å²) in [7, 11) is 1.75. The number of rotatable bonds is 4. The molecule has 7 nitrogen and oxygen atoms in total. The minimum atomic E-state index is -0.974. The van der Waals surface area contributed by atoms with Crippen molar-refractivity contribution >= 4 is 34.7 Å². The van der Waals surface area contributed by atoms with Crippen molar-refractivity contribution in [2.75, 3.05) is 12.4 Å². The molecule has 4 rings (SSSR count). The summed E-state index contributed by atoms with van der Waals surface area (Å²) < 4.78 is 11.5. The van der Waals surface area contributed by atoms with Gasteiger partial charge in [-0.3, -0.25) is 9.59 Å². The highest BCUT2D eigenvalue weighted by molar-refractivity contribution is 5.99. The van der Waals surface area contributed by atoms with Crippen LogP contribution in [0.15, 0.2) is 47.0 Å². The molecule has 0 unspecified atom stereocenters. The number of para-hydroxylation sites is 1. The van der Waals surface area contributed by atoms with Crippen LogP contribution in [0, 0.1) is 6.92 Å². The maximum absolute atomic E-state index is 12.6. The lowest BCUT2D eigenvalue weighted by atomic mass is 10.1. The van der Waals surface area contributed by atoms with Gasteiger partial charge < -0.3 is 19.4 Å². The van der Waals surface area contributed by atoms with Crippen molar-refractivity contribution in [1.29, 1.82) is 0 Å². The number of aryl methyl sites for hydroxylation is 1. The number of ether oxygens (including phenoxy) is 1. The van der Waals surface area contributed by atoms with Crippen LogP contribution < -0.4 is 10.1 Å². The van der Waals surface area contributed by atoms with Crippen LogP contribution in [0.3, 0.4) is 0 Å². The molecule has 0 spiro atoms. The first kappa shape index (κ1) is 19.7. The number of hydrogen-bond donors (Lipinski definition) is 1. The Kier molecular flexibility index (Phi) is 4.81. The summed E-state index contributed by atoms with van der Waals surface area (Å²) in [6.45, 7) is 5.72. The van der Waals surface area contributed by atoms with Crippen LogP contribution in [-0.4, -0.2) is 34.3 Å². The summed E-state index contributed by atoms with van der Waals surface area (Å²) in [4.78, 5) is 30.4. The van der Waals surface area contributed by atoms with Crippen molar-refractivity contribution in [2.45, 2.75) is 32.9 Å². The third-order valence-corrected chi connectivity index (χ3v) is 5.11. The standard InChI is InChI=1S/C23H23N3O4/c1-14-17(16-7-5-6-8-18(16)29-14)13-26(4)20(27)10-9-15-11-19-21(24-12-15)25-22(28)23(2,3)30-19/h5-12H,13H2,1-4H3,(H,24,25,28)/b10-9+. The summed E-state index contributed by atoms with van der Waals surface area (Å²) in [5, 5.41) is 3.74. The van der Waals surface area contributed by atoms with E-state index in [0.29, 0.717) is 23.7 Å². The average Bonchev–Trinajstić information content (AvgIpc) is 3.02. The van der Waals surface area contributed by atoms with Crippen molar-refractivity contribution in [2.24, 2.45) is 0 Å². The number of carbonyl (C=O) groups is 2. The molecule has 1 aliphatic rings. The van der Waals surface area contributed by atoms with Crippen LogP contribution in [0.5, 0.6) is 5.75 Å². The van der Waals surface area contributed by atoms with Crippen molar-refractivity contribution < 1.29 is 18.7 Å². The number of carbonyl (C=O) groups excluding carboxylic acids is 2. The number of hydrogen-bond acceptors (Lipinski definition) is 5. The van der Waals surface area contributed by atoms with Gasteiger partial charge in [0.1, 0.15) is 11.3 Å². The van der Waals surface area contributed by atoms with E-state index in [1.165, 1.54) is 6.08 Å². The minimum Gasteiger partial charge on any atom is -0.474 e.